The molecule has 0 bridgehead atoms. The summed E-state index contributed by atoms with van der Waals surface area (Å²) in [5.41, 5.74) is 1.25. The average molecular weight is 250 g/mol. The van der Waals surface area contributed by atoms with Gasteiger partial charge in [0, 0.05) is 0 Å². The molecule has 4 heteroatoms. The molecule has 0 atom stereocenters. The number of aromatic carboxylic acids is 1. The van der Waals surface area contributed by atoms with Crippen LogP contribution in [0.3, 0.4) is 0 Å². The Kier molecular flexibility index (Phi) is 4.04. The summed E-state index contributed by atoms with van der Waals surface area (Å²) in [5.74, 6) is -0.666. The quantitative estimate of drug-likeness (QED) is 0.834. The molecule has 0 spiro atoms. The summed E-state index contributed by atoms with van der Waals surface area (Å²) in [6, 6.07) is 0.387. The summed E-state index contributed by atoms with van der Waals surface area (Å²) in [4.78, 5) is 11.2. The van der Waals surface area contributed by atoms with Crippen molar-refractivity contribution in [3.8, 4) is 0 Å². The average Bonchev–Trinajstić information content (AvgIpc) is 2.59. The summed E-state index contributed by atoms with van der Waals surface area (Å²) in [6.07, 6.45) is 8.81. The van der Waals surface area contributed by atoms with E-state index in [1.54, 1.807) is 0 Å². The van der Waals surface area contributed by atoms with Crippen LogP contribution in [0.25, 0.3) is 0 Å². The highest BCUT2D eigenvalue weighted by Gasteiger charge is 2.24. The number of carboxylic acid groups (broad SMARTS) is 1. The zero-order valence-electron chi connectivity index (χ0n) is 11.2. The predicted molar refractivity (Wildman–Crippen MR) is 70.0 cm³/mol. The van der Waals surface area contributed by atoms with Crippen LogP contribution >= 0.6 is 0 Å². The van der Waals surface area contributed by atoms with E-state index < -0.39 is 5.97 Å². The molecule has 1 aromatic heterocycles. The Morgan fingerprint density at radius 1 is 1.33 bits per heavy atom. The molecule has 1 N–H and O–H groups in total. The first-order valence-corrected chi connectivity index (χ1v) is 6.92. The van der Waals surface area contributed by atoms with Gasteiger partial charge in [0.25, 0.3) is 0 Å². The summed E-state index contributed by atoms with van der Waals surface area (Å²) in [7, 11) is 0. The van der Waals surface area contributed by atoms with Gasteiger partial charge in [-0.05, 0) is 18.8 Å². The van der Waals surface area contributed by atoms with E-state index in [4.69, 9.17) is 0 Å². The molecule has 0 radical (unpaired) electrons. The molecule has 1 saturated carbocycles. The normalized spacial score (nSPS) is 17.9. The number of hydrogen-bond donors (Lipinski definition) is 1. The molecule has 0 unspecified atom stereocenters. The molecule has 0 aliphatic heterocycles. The van der Waals surface area contributed by atoms with Crippen molar-refractivity contribution < 1.29 is 9.90 Å². The van der Waals surface area contributed by atoms with Crippen molar-refractivity contribution in [2.75, 3.05) is 0 Å². The molecular formula is C14H22N2O2. The lowest BCUT2D eigenvalue weighted by atomic mass is 10.0. The van der Waals surface area contributed by atoms with Gasteiger partial charge in [-0.2, -0.15) is 5.10 Å². The first-order chi connectivity index (χ1) is 8.61. The molecule has 18 heavy (non-hydrogen) atoms. The fourth-order valence-electron chi connectivity index (χ4n) is 2.91. The summed E-state index contributed by atoms with van der Waals surface area (Å²) in [6.45, 7) is 4.08. The van der Waals surface area contributed by atoms with Gasteiger partial charge in [0.1, 0.15) is 5.56 Å². The van der Waals surface area contributed by atoms with Gasteiger partial charge in [-0.3, -0.25) is 4.68 Å². The van der Waals surface area contributed by atoms with E-state index in [1.165, 1.54) is 31.9 Å². The van der Waals surface area contributed by atoms with E-state index in [-0.39, 0.29) is 5.92 Å². The third-order valence-electron chi connectivity index (χ3n) is 3.78. The Morgan fingerprint density at radius 2 is 1.94 bits per heavy atom. The first-order valence-electron chi connectivity index (χ1n) is 6.92. The van der Waals surface area contributed by atoms with E-state index in [9.17, 15) is 9.90 Å². The second kappa shape index (κ2) is 5.55. The van der Waals surface area contributed by atoms with E-state index >= 15 is 0 Å². The van der Waals surface area contributed by atoms with Gasteiger partial charge in [0.2, 0.25) is 0 Å². The first kappa shape index (κ1) is 13.1. The zero-order valence-corrected chi connectivity index (χ0v) is 11.2. The summed E-state index contributed by atoms with van der Waals surface area (Å²) >= 11 is 0. The summed E-state index contributed by atoms with van der Waals surface area (Å²) in [5, 5.41) is 13.6. The number of hydrogen-bond acceptors (Lipinski definition) is 2. The van der Waals surface area contributed by atoms with Crippen LogP contribution in [0, 0.1) is 0 Å². The van der Waals surface area contributed by atoms with Crippen LogP contribution in [0.4, 0.5) is 0 Å². The zero-order chi connectivity index (χ0) is 13.1. The number of rotatable bonds is 3. The molecule has 1 aliphatic carbocycles. The van der Waals surface area contributed by atoms with Crippen molar-refractivity contribution in [1.82, 2.24) is 9.78 Å². The van der Waals surface area contributed by atoms with Crippen LogP contribution in [0.15, 0.2) is 6.20 Å². The number of carbonyl (C=O) groups is 1. The van der Waals surface area contributed by atoms with Crippen molar-refractivity contribution in [2.45, 2.75) is 64.3 Å². The lowest BCUT2D eigenvalue weighted by Gasteiger charge is -2.20. The van der Waals surface area contributed by atoms with Crippen LogP contribution < -0.4 is 0 Å². The standard InChI is InChI=1S/C14H22N2O2/c1-10(2)13-12(14(17)18)9-15-16(13)11-7-5-3-4-6-8-11/h9-11H,3-8H2,1-2H3,(H,17,18). The minimum Gasteiger partial charge on any atom is -0.478 e. The lowest BCUT2D eigenvalue weighted by Crippen LogP contribution is -2.15. The highest BCUT2D eigenvalue weighted by atomic mass is 16.4. The fraction of sp³-hybridized carbons (Fsp3) is 0.714. The van der Waals surface area contributed by atoms with Crippen LogP contribution in [-0.4, -0.2) is 20.9 Å². The Hall–Kier alpha value is -1.32. The van der Waals surface area contributed by atoms with E-state index in [2.05, 4.69) is 5.10 Å². The van der Waals surface area contributed by atoms with Crippen LogP contribution in [-0.2, 0) is 0 Å². The molecule has 1 fully saturated rings. The van der Waals surface area contributed by atoms with E-state index in [1.807, 2.05) is 18.5 Å². The van der Waals surface area contributed by atoms with Crippen molar-refractivity contribution in [3.05, 3.63) is 17.5 Å². The Bertz CT molecular complexity index is 415. The van der Waals surface area contributed by atoms with E-state index in [0.717, 1.165) is 18.5 Å². The SMILES string of the molecule is CC(C)c1c(C(=O)O)cnn1C1CCCCCC1. The molecule has 0 amide bonds. The predicted octanol–water partition coefficient (Wildman–Crippen LogP) is 3.60. The fourth-order valence-corrected chi connectivity index (χ4v) is 2.91. The van der Waals surface area contributed by atoms with E-state index in [0.29, 0.717) is 11.6 Å². The van der Waals surface area contributed by atoms with Crippen molar-refractivity contribution >= 4 is 5.97 Å². The minimum atomic E-state index is -0.862. The second-order valence-corrected chi connectivity index (χ2v) is 5.49. The Balaban J connectivity index is 2.34. The minimum absolute atomic E-state index is 0.196. The number of aromatic nitrogens is 2. The van der Waals surface area contributed by atoms with Gasteiger partial charge in [-0.15, -0.1) is 0 Å². The maximum absolute atomic E-state index is 11.2. The second-order valence-electron chi connectivity index (χ2n) is 5.49. The highest BCUT2D eigenvalue weighted by Crippen LogP contribution is 2.31. The molecule has 100 valence electrons. The number of carboxylic acids is 1. The highest BCUT2D eigenvalue weighted by molar-refractivity contribution is 5.88. The molecule has 1 aliphatic rings. The van der Waals surface area contributed by atoms with Gasteiger partial charge in [-0.25, -0.2) is 4.79 Å². The molecule has 2 rings (SSSR count). The molecule has 0 saturated heterocycles. The van der Waals surface area contributed by atoms with Crippen LogP contribution in [0.2, 0.25) is 0 Å². The maximum atomic E-state index is 11.2. The smallest absolute Gasteiger partial charge is 0.339 e. The van der Waals surface area contributed by atoms with Crippen molar-refractivity contribution in [3.63, 3.8) is 0 Å². The monoisotopic (exact) mass is 250 g/mol. The Morgan fingerprint density at radius 3 is 2.44 bits per heavy atom. The van der Waals surface area contributed by atoms with Gasteiger partial charge in [0.15, 0.2) is 0 Å². The molecular weight excluding hydrogens is 228 g/mol. The van der Waals surface area contributed by atoms with Crippen LogP contribution in [0.5, 0.6) is 0 Å². The van der Waals surface area contributed by atoms with Gasteiger partial charge in [0.05, 0.1) is 17.9 Å². The topological polar surface area (TPSA) is 55.1 Å². The van der Waals surface area contributed by atoms with Gasteiger partial charge < -0.3 is 5.11 Å². The van der Waals surface area contributed by atoms with Gasteiger partial charge >= 0.3 is 5.97 Å². The molecule has 4 nitrogen and oxygen atoms in total. The lowest BCUT2D eigenvalue weighted by molar-refractivity contribution is 0.0695. The summed E-state index contributed by atoms with van der Waals surface area (Å²) < 4.78 is 1.99. The largest absolute Gasteiger partial charge is 0.478 e. The third-order valence-corrected chi connectivity index (χ3v) is 3.78. The van der Waals surface area contributed by atoms with Crippen molar-refractivity contribution in [1.29, 1.82) is 0 Å². The molecule has 0 aromatic carbocycles. The molecule has 1 aromatic rings. The van der Waals surface area contributed by atoms with Gasteiger partial charge in [-0.1, -0.05) is 39.5 Å². The number of nitrogens with zero attached hydrogens (tertiary/aromatic N) is 2. The third kappa shape index (κ3) is 2.57. The maximum Gasteiger partial charge on any atom is 0.339 e. The van der Waals surface area contributed by atoms with Crippen LogP contribution in [0.1, 0.15) is 80.4 Å². The van der Waals surface area contributed by atoms with Crippen molar-refractivity contribution in [2.24, 2.45) is 0 Å². The molecule has 1 heterocycles. The Labute approximate surface area is 108 Å².